The van der Waals surface area contributed by atoms with Crippen molar-refractivity contribution in [2.45, 2.75) is 26.7 Å². The second-order valence-electron chi connectivity index (χ2n) is 6.43. The minimum atomic E-state index is -0.520. The molecule has 0 heterocycles. The Labute approximate surface area is 169 Å². The van der Waals surface area contributed by atoms with Crippen LogP contribution in [-0.4, -0.2) is 31.4 Å². The second kappa shape index (κ2) is 10.7. The highest BCUT2D eigenvalue weighted by Crippen LogP contribution is 2.17. The summed E-state index contributed by atoms with van der Waals surface area (Å²) >= 11 is 0. The molecule has 2 aromatic rings. The van der Waals surface area contributed by atoms with E-state index in [4.69, 9.17) is 9.47 Å². The Kier molecular flexibility index (Phi) is 8.02. The van der Waals surface area contributed by atoms with Crippen LogP contribution in [0, 0.1) is 13.8 Å². The van der Waals surface area contributed by atoms with Crippen molar-refractivity contribution in [1.82, 2.24) is 10.9 Å². The Morgan fingerprint density at radius 1 is 0.828 bits per heavy atom. The quantitative estimate of drug-likeness (QED) is 0.591. The number of nitrogens with one attached hydrogen (secondary N) is 3. The van der Waals surface area contributed by atoms with Gasteiger partial charge in [0, 0.05) is 18.5 Å². The zero-order valence-electron chi connectivity index (χ0n) is 16.7. The molecule has 0 aliphatic rings. The van der Waals surface area contributed by atoms with Crippen molar-refractivity contribution in [3.63, 3.8) is 0 Å². The fourth-order valence-electron chi connectivity index (χ4n) is 2.45. The number of hydrogen-bond acceptors (Lipinski definition) is 5. The molecule has 2 aromatic carbocycles. The molecule has 0 saturated carbocycles. The van der Waals surface area contributed by atoms with E-state index < -0.39 is 11.8 Å². The molecule has 0 spiro atoms. The maximum absolute atomic E-state index is 12.0. The highest BCUT2D eigenvalue weighted by molar-refractivity contribution is 5.94. The van der Waals surface area contributed by atoms with Gasteiger partial charge in [-0.1, -0.05) is 17.7 Å². The minimum absolute atomic E-state index is 0.00261. The number of aryl methyl sites for hydroxylation is 2. The molecule has 0 fully saturated rings. The molecule has 3 amide bonds. The first-order valence-corrected chi connectivity index (χ1v) is 9.09. The molecule has 0 radical (unpaired) electrons. The van der Waals surface area contributed by atoms with Gasteiger partial charge in [-0.05, 0) is 49.7 Å². The van der Waals surface area contributed by atoms with Crippen LogP contribution in [0.1, 0.15) is 24.0 Å². The molecule has 2 rings (SSSR count). The third kappa shape index (κ3) is 7.53. The normalized spacial score (nSPS) is 10.0. The summed E-state index contributed by atoms with van der Waals surface area (Å²) < 4.78 is 10.3. The van der Waals surface area contributed by atoms with Crippen molar-refractivity contribution in [3.05, 3.63) is 53.6 Å². The second-order valence-corrected chi connectivity index (χ2v) is 6.43. The molecule has 0 saturated heterocycles. The molecule has 0 aliphatic carbocycles. The Morgan fingerprint density at radius 3 is 2.10 bits per heavy atom. The van der Waals surface area contributed by atoms with E-state index in [9.17, 15) is 14.4 Å². The maximum atomic E-state index is 12.0. The monoisotopic (exact) mass is 399 g/mol. The van der Waals surface area contributed by atoms with Crippen LogP contribution < -0.4 is 25.6 Å². The summed E-state index contributed by atoms with van der Waals surface area (Å²) in [5, 5.41) is 2.77. The number of benzene rings is 2. The summed E-state index contributed by atoms with van der Waals surface area (Å²) in [4.78, 5) is 35.5. The molecule has 0 bridgehead atoms. The van der Waals surface area contributed by atoms with Crippen LogP contribution in [0.25, 0.3) is 0 Å². The van der Waals surface area contributed by atoms with Crippen LogP contribution in [0.3, 0.4) is 0 Å². The average Bonchev–Trinajstić information content (AvgIpc) is 2.71. The fourth-order valence-corrected chi connectivity index (χ4v) is 2.45. The van der Waals surface area contributed by atoms with Gasteiger partial charge in [-0.3, -0.25) is 25.2 Å². The summed E-state index contributed by atoms with van der Waals surface area (Å²) in [5.74, 6) is -0.0975. The number of carbonyl (C=O) groups is 3. The van der Waals surface area contributed by atoms with E-state index in [1.165, 1.54) is 0 Å². The number of rotatable bonds is 8. The number of methoxy groups -OCH3 is 1. The lowest BCUT2D eigenvalue weighted by Gasteiger charge is -2.10. The summed E-state index contributed by atoms with van der Waals surface area (Å²) in [6.07, 6.45) is -0.0618. The Morgan fingerprint density at radius 2 is 1.45 bits per heavy atom. The molecule has 0 atom stereocenters. The lowest BCUT2D eigenvalue weighted by atomic mass is 10.1. The predicted octanol–water partition coefficient (Wildman–Crippen LogP) is 2.26. The van der Waals surface area contributed by atoms with E-state index in [0.29, 0.717) is 17.2 Å². The number of hydrazine groups is 1. The largest absolute Gasteiger partial charge is 0.497 e. The smallest absolute Gasteiger partial charge is 0.276 e. The van der Waals surface area contributed by atoms with Crippen LogP contribution >= 0.6 is 0 Å². The summed E-state index contributed by atoms with van der Waals surface area (Å²) in [6.45, 7) is 3.61. The van der Waals surface area contributed by atoms with Gasteiger partial charge in [0.1, 0.15) is 11.5 Å². The third-order valence-electron chi connectivity index (χ3n) is 4.01. The van der Waals surface area contributed by atoms with Crippen molar-refractivity contribution < 1.29 is 23.9 Å². The number of hydrogen-bond donors (Lipinski definition) is 3. The Bertz CT molecular complexity index is 865. The van der Waals surface area contributed by atoms with Crippen LogP contribution in [0.5, 0.6) is 11.5 Å². The van der Waals surface area contributed by atoms with Crippen molar-refractivity contribution in [2.24, 2.45) is 0 Å². The first-order chi connectivity index (χ1) is 13.9. The maximum Gasteiger partial charge on any atom is 0.276 e. The standard InChI is InChI=1S/C21H25N3O5/c1-14-4-9-18(15(2)12-14)22-19(25)10-11-20(26)23-24-21(27)13-29-17-7-5-16(28-3)6-8-17/h4-9,12H,10-11,13H2,1-3H3,(H,22,25)(H,23,26)(H,24,27). The predicted molar refractivity (Wildman–Crippen MR) is 109 cm³/mol. The third-order valence-corrected chi connectivity index (χ3v) is 4.01. The molecule has 0 aromatic heterocycles. The van der Waals surface area contributed by atoms with Crippen molar-refractivity contribution in [3.8, 4) is 11.5 Å². The van der Waals surface area contributed by atoms with Gasteiger partial charge in [0.2, 0.25) is 11.8 Å². The van der Waals surface area contributed by atoms with Gasteiger partial charge in [0.25, 0.3) is 5.91 Å². The highest BCUT2D eigenvalue weighted by Gasteiger charge is 2.10. The molecule has 8 nitrogen and oxygen atoms in total. The van der Waals surface area contributed by atoms with Gasteiger partial charge in [-0.2, -0.15) is 0 Å². The van der Waals surface area contributed by atoms with E-state index in [1.54, 1.807) is 31.4 Å². The van der Waals surface area contributed by atoms with E-state index >= 15 is 0 Å². The number of ether oxygens (including phenoxy) is 2. The van der Waals surface area contributed by atoms with Crippen LogP contribution in [-0.2, 0) is 14.4 Å². The van der Waals surface area contributed by atoms with E-state index in [-0.39, 0.29) is 25.4 Å². The lowest BCUT2D eigenvalue weighted by molar-refractivity contribution is -0.130. The van der Waals surface area contributed by atoms with E-state index in [2.05, 4.69) is 16.2 Å². The van der Waals surface area contributed by atoms with Gasteiger partial charge in [0.05, 0.1) is 7.11 Å². The molecule has 3 N–H and O–H groups in total. The molecule has 0 unspecified atom stereocenters. The van der Waals surface area contributed by atoms with E-state index in [0.717, 1.165) is 11.1 Å². The van der Waals surface area contributed by atoms with Crippen molar-refractivity contribution in [1.29, 1.82) is 0 Å². The van der Waals surface area contributed by atoms with Crippen LogP contribution in [0.15, 0.2) is 42.5 Å². The Balaban J connectivity index is 1.65. The molecule has 29 heavy (non-hydrogen) atoms. The average molecular weight is 399 g/mol. The van der Waals surface area contributed by atoms with Gasteiger partial charge < -0.3 is 14.8 Å². The molecule has 154 valence electrons. The first-order valence-electron chi connectivity index (χ1n) is 9.09. The summed E-state index contributed by atoms with van der Waals surface area (Å²) in [5.41, 5.74) is 7.27. The zero-order chi connectivity index (χ0) is 21.2. The topological polar surface area (TPSA) is 106 Å². The molecular weight excluding hydrogens is 374 g/mol. The van der Waals surface area contributed by atoms with Crippen molar-refractivity contribution >= 4 is 23.4 Å². The molecule has 8 heteroatoms. The van der Waals surface area contributed by atoms with Gasteiger partial charge in [-0.25, -0.2) is 0 Å². The number of amides is 3. The van der Waals surface area contributed by atoms with Gasteiger partial charge >= 0.3 is 0 Å². The minimum Gasteiger partial charge on any atom is -0.497 e. The zero-order valence-corrected chi connectivity index (χ0v) is 16.7. The van der Waals surface area contributed by atoms with Gasteiger partial charge in [-0.15, -0.1) is 0 Å². The van der Waals surface area contributed by atoms with Crippen LogP contribution in [0.2, 0.25) is 0 Å². The lowest BCUT2D eigenvalue weighted by Crippen LogP contribution is -2.44. The SMILES string of the molecule is COc1ccc(OCC(=O)NNC(=O)CCC(=O)Nc2ccc(C)cc2C)cc1. The number of carbonyl (C=O) groups excluding carboxylic acids is 3. The van der Waals surface area contributed by atoms with Crippen LogP contribution in [0.4, 0.5) is 5.69 Å². The number of anilines is 1. The fraction of sp³-hybridized carbons (Fsp3) is 0.286. The Hall–Kier alpha value is -3.55. The first kappa shape index (κ1) is 21.7. The molecule has 0 aliphatic heterocycles. The molecular formula is C21H25N3O5. The van der Waals surface area contributed by atoms with Crippen molar-refractivity contribution in [2.75, 3.05) is 19.0 Å². The van der Waals surface area contributed by atoms with E-state index in [1.807, 2.05) is 32.0 Å². The highest BCUT2D eigenvalue weighted by atomic mass is 16.5. The summed E-state index contributed by atoms with van der Waals surface area (Å²) in [6, 6.07) is 12.4. The van der Waals surface area contributed by atoms with Gasteiger partial charge in [0.15, 0.2) is 6.61 Å². The summed E-state index contributed by atoms with van der Waals surface area (Å²) in [7, 11) is 1.55.